The van der Waals surface area contributed by atoms with Gasteiger partial charge in [0.25, 0.3) is 0 Å². The van der Waals surface area contributed by atoms with Crippen LogP contribution in [0, 0.1) is 6.92 Å². The Morgan fingerprint density at radius 2 is 1.67 bits per heavy atom. The second-order valence-electron chi connectivity index (χ2n) is 5.14. The standard InChI is InChI=1S/C18H22N2O/c1-14-8-6-7-11-17(14)18(16-9-4-3-5-10-16)20-13-12-19-15(2)21/h3-11,18,20H,12-13H2,1-2H3,(H,19,21). The summed E-state index contributed by atoms with van der Waals surface area (Å²) in [5.74, 6) is 0.00366. The van der Waals surface area contributed by atoms with Gasteiger partial charge in [-0.15, -0.1) is 0 Å². The molecule has 0 fully saturated rings. The molecule has 0 bridgehead atoms. The zero-order valence-corrected chi connectivity index (χ0v) is 12.6. The molecule has 0 aromatic heterocycles. The monoisotopic (exact) mass is 282 g/mol. The van der Waals surface area contributed by atoms with Gasteiger partial charge in [-0.05, 0) is 23.6 Å². The second-order valence-corrected chi connectivity index (χ2v) is 5.14. The van der Waals surface area contributed by atoms with E-state index < -0.39 is 0 Å². The summed E-state index contributed by atoms with van der Waals surface area (Å²) in [6.07, 6.45) is 0. The van der Waals surface area contributed by atoms with Crippen molar-refractivity contribution < 1.29 is 4.79 Å². The summed E-state index contributed by atoms with van der Waals surface area (Å²) in [5.41, 5.74) is 3.76. The number of amides is 1. The van der Waals surface area contributed by atoms with Crippen molar-refractivity contribution in [3.05, 3.63) is 71.3 Å². The van der Waals surface area contributed by atoms with Gasteiger partial charge in [0.15, 0.2) is 0 Å². The maximum absolute atomic E-state index is 10.9. The molecule has 0 aliphatic carbocycles. The first-order valence-corrected chi connectivity index (χ1v) is 7.27. The lowest BCUT2D eigenvalue weighted by Gasteiger charge is -2.21. The molecule has 2 N–H and O–H groups in total. The Morgan fingerprint density at radius 1 is 1.00 bits per heavy atom. The van der Waals surface area contributed by atoms with Crippen molar-refractivity contribution in [1.82, 2.24) is 10.6 Å². The van der Waals surface area contributed by atoms with Gasteiger partial charge in [0, 0.05) is 20.0 Å². The normalized spacial score (nSPS) is 11.9. The fraction of sp³-hybridized carbons (Fsp3) is 0.278. The molecule has 0 aliphatic rings. The summed E-state index contributed by atoms with van der Waals surface area (Å²) in [5, 5.41) is 6.35. The van der Waals surface area contributed by atoms with Gasteiger partial charge in [-0.3, -0.25) is 4.79 Å². The smallest absolute Gasteiger partial charge is 0.216 e. The summed E-state index contributed by atoms with van der Waals surface area (Å²) >= 11 is 0. The lowest BCUT2D eigenvalue weighted by atomic mass is 9.95. The summed E-state index contributed by atoms with van der Waals surface area (Å²) in [6, 6.07) is 18.9. The molecule has 1 amide bonds. The van der Waals surface area contributed by atoms with E-state index in [2.05, 4.69) is 66.1 Å². The van der Waals surface area contributed by atoms with Gasteiger partial charge in [-0.25, -0.2) is 0 Å². The van der Waals surface area contributed by atoms with E-state index in [0.717, 1.165) is 6.54 Å². The van der Waals surface area contributed by atoms with Gasteiger partial charge < -0.3 is 10.6 Å². The van der Waals surface area contributed by atoms with Crippen molar-refractivity contribution in [2.45, 2.75) is 19.9 Å². The molecule has 1 atom stereocenters. The number of rotatable bonds is 6. The number of benzene rings is 2. The number of hydrogen-bond donors (Lipinski definition) is 2. The van der Waals surface area contributed by atoms with Crippen LogP contribution in [0.3, 0.4) is 0 Å². The van der Waals surface area contributed by atoms with E-state index in [1.807, 2.05) is 6.07 Å². The highest BCUT2D eigenvalue weighted by atomic mass is 16.1. The summed E-state index contributed by atoms with van der Waals surface area (Å²) in [7, 11) is 0. The minimum Gasteiger partial charge on any atom is -0.355 e. The molecular formula is C18H22N2O. The zero-order valence-electron chi connectivity index (χ0n) is 12.6. The highest BCUT2D eigenvalue weighted by molar-refractivity contribution is 5.72. The van der Waals surface area contributed by atoms with Gasteiger partial charge in [0.1, 0.15) is 0 Å². The highest BCUT2D eigenvalue weighted by Crippen LogP contribution is 2.24. The number of carbonyl (C=O) groups is 1. The summed E-state index contributed by atoms with van der Waals surface area (Å²) in [4.78, 5) is 10.9. The van der Waals surface area contributed by atoms with Crippen LogP contribution in [0.1, 0.15) is 29.7 Å². The molecule has 0 heterocycles. The van der Waals surface area contributed by atoms with Gasteiger partial charge in [-0.2, -0.15) is 0 Å². The number of hydrogen-bond acceptors (Lipinski definition) is 2. The Hall–Kier alpha value is -2.13. The maximum atomic E-state index is 10.9. The Morgan fingerprint density at radius 3 is 2.33 bits per heavy atom. The predicted octanol–water partition coefficient (Wildman–Crippen LogP) is 2.81. The Bertz CT molecular complexity index is 581. The van der Waals surface area contributed by atoms with Gasteiger partial charge in [0.2, 0.25) is 5.91 Å². The molecule has 0 spiro atoms. The number of aryl methyl sites for hydroxylation is 1. The first-order chi connectivity index (χ1) is 10.2. The number of carbonyl (C=O) groups excluding carboxylic acids is 1. The third-order valence-corrected chi connectivity index (χ3v) is 3.48. The molecule has 0 aliphatic heterocycles. The SMILES string of the molecule is CC(=O)NCCNC(c1ccccc1)c1ccccc1C. The Balaban J connectivity index is 2.16. The second kappa shape index (κ2) is 7.60. The van der Waals surface area contributed by atoms with Gasteiger partial charge in [-0.1, -0.05) is 54.6 Å². The first kappa shape index (κ1) is 15.3. The topological polar surface area (TPSA) is 41.1 Å². The van der Waals surface area contributed by atoms with Crippen LogP contribution >= 0.6 is 0 Å². The fourth-order valence-electron chi connectivity index (χ4n) is 2.42. The molecule has 2 aromatic rings. The first-order valence-electron chi connectivity index (χ1n) is 7.27. The average molecular weight is 282 g/mol. The van der Waals surface area contributed by atoms with E-state index in [1.54, 1.807) is 0 Å². The van der Waals surface area contributed by atoms with Crippen LogP contribution < -0.4 is 10.6 Å². The summed E-state index contributed by atoms with van der Waals surface area (Å²) in [6.45, 7) is 5.02. The molecule has 21 heavy (non-hydrogen) atoms. The Kier molecular flexibility index (Phi) is 5.52. The quantitative estimate of drug-likeness (QED) is 0.800. The molecule has 2 rings (SSSR count). The fourth-order valence-corrected chi connectivity index (χ4v) is 2.42. The molecule has 110 valence electrons. The van der Waals surface area contributed by atoms with Crippen molar-refractivity contribution in [2.75, 3.05) is 13.1 Å². The zero-order chi connectivity index (χ0) is 15.1. The summed E-state index contributed by atoms with van der Waals surface area (Å²) < 4.78 is 0. The lowest BCUT2D eigenvalue weighted by Crippen LogP contribution is -2.33. The minimum absolute atomic E-state index is 0.00366. The lowest BCUT2D eigenvalue weighted by molar-refractivity contribution is -0.118. The van der Waals surface area contributed by atoms with Crippen LogP contribution in [0.15, 0.2) is 54.6 Å². The van der Waals surface area contributed by atoms with Crippen LogP contribution in [0.5, 0.6) is 0 Å². The predicted molar refractivity (Wildman–Crippen MR) is 86.2 cm³/mol. The minimum atomic E-state index is 0.00366. The Labute approximate surface area is 126 Å². The van der Waals surface area contributed by atoms with E-state index in [1.165, 1.54) is 23.6 Å². The van der Waals surface area contributed by atoms with E-state index in [-0.39, 0.29) is 11.9 Å². The molecular weight excluding hydrogens is 260 g/mol. The van der Waals surface area contributed by atoms with Crippen molar-refractivity contribution in [3.8, 4) is 0 Å². The van der Waals surface area contributed by atoms with Crippen molar-refractivity contribution in [3.63, 3.8) is 0 Å². The van der Waals surface area contributed by atoms with Crippen LogP contribution in [0.25, 0.3) is 0 Å². The maximum Gasteiger partial charge on any atom is 0.216 e. The van der Waals surface area contributed by atoms with Crippen molar-refractivity contribution in [1.29, 1.82) is 0 Å². The van der Waals surface area contributed by atoms with Crippen molar-refractivity contribution >= 4 is 5.91 Å². The van der Waals surface area contributed by atoms with Gasteiger partial charge >= 0.3 is 0 Å². The number of nitrogens with one attached hydrogen (secondary N) is 2. The third kappa shape index (κ3) is 4.43. The van der Waals surface area contributed by atoms with E-state index >= 15 is 0 Å². The van der Waals surface area contributed by atoms with Crippen molar-refractivity contribution in [2.24, 2.45) is 0 Å². The molecule has 0 saturated carbocycles. The van der Waals surface area contributed by atoms with E-state index in [9.17, 15) is 4.79 Å². The van der Waals surface area contributed by atoms with Crippen LogP contribution in [0.4, 0.5) is 0 Å². The van der Waals surface area contributed by atoms with Gasteiger partial charge in [0.05, 0.1) is 6.04 Å². The van der Waals surface area contributed by atoms with Crippen LogP contribution in [0.2, 0.25) is 0 Å². The van der Waals surface area contributed by atoms with Crippen LogP contribution in [-0.2, 0) is 4.79 Å². The molecule has 0 saturated heterocycles. The molecule has 3 heteroatoms. The van der Waals surface area contributed by atoms with E-state index in [4.69, 9.17) is 0 Å². The molecule has 2 aromatic carbocycles. The third-order valence-electron chi connectivity index (χ3n) is 3.48. The molecule has 1 unspecified atom stereocenters. The van der Waals surface area contributed by atoms with Crippen LogP contribution in [-0.4, -0.2) is 19.0 Å². The average Bonchev–Trinajstić information content (AvgIpc) is 2.49. The molecule has 3 nitrogen and oxygen atoms in total. The molecule has 0 radical (unpaired) electrons. The highest BCUT2D eigenvalue weighted by Gasteiger charge is 2.14. The largest absolute Gasteiger partial charge is 0.355 e. The van der Waals surface area contributed by atoms with E-state index in [0.29, 0.717) is 6.54 Å².